The molecule has 1 aromatic carbocycles. The van der Waals surface area contributed by atoms with E-state index < -0.39 is 11.7 Å². The Bertz CT molecular complexity index is 493. The Morgan fingerprint density at radius 2 is 1.80 bits per heavy atom. The first-order chi connectivity index (χ1) is 9.50. The Morgan fingerprint density at radius 3 is 2.40 bits per heavy atom. The summed E-state index contributed by atoms with van der Waals surface area (Å²) in [6.07, 6.45) is 1.39. The fourth-order valence-corrected chi connectivity index (χ4v) is 1.47. The zero-order valence-corrected chi connectivity index (χ0v) is 11.0. The van der Waals surface area contributed by atoms with Crippen molar-refractivity contribution in [2.24, 2.45) is 16.5 Å². The van der Waals surface area contributed by atoms with Crippen molar-refractivity contribution in [2.75, 3.05) is 13.1 Å². The van der Waals surface area contributed by atoms with Crippen LogP contribution in [0.3, 0.4) is 0 Å². The van der Waals surface area contributed by atoms with E-state index in [4.69, 9.17) is 16.6 Å². The third-order valence-corrected chi connectivity index (χ3v) is 2.50. The molecule has 0 heterocycles. The van der Waals surface area contributed by atoms with Gasteiger partial charge in [-0.05, 0) is 37.1 Å². The highest BCUT2D eigenvalue weighted by molar-refractivity contribution is 6.42. The monoisotopic (exact) mass is 278 g/mol. The number of guanidine groups is 1. The van der Waals surface area contributed by atoms with Gasteiger partial charge in [0.25, 0.3) is 5.91 Å². The zero-order valence-electron chi connectivity index (χ0n) is 11.0. The molecule has 7 nitrogen and oxygen atoms in total. The van der Waals surface area contributed by atoms with Gasteiger partial charge >= 0.3 is 0 Å². The normalized spacial score (nSPS) is 9.80. The second kappa shape index (κ2) is 7.78. The van der Waals surface area contributed by atoms with Gasteiger partial charge in [-0.1, -0.05) is 0 Å². The summed E-state index contributed by atoms with van der Waals surface area (Å²) in [6.45, 7) is 0.868. The number of ketones is 1. The Balaban J connectivity index is 2.30. The fraction of sp³-hybridized carbons (Fsp3) is 0.308. The largest absolute Gasteiger partial charge is 0.508 e. The van der Waals surface area contributed by atoms with Crippen LogP contribution in [0, 0.1) is 0 Å². The topological polar surface area (TPSA) is 131 Å². The van der Waals surface area contributed by atoms with E-state index in [-0.39, 0.29) is 17.3 Å². The number of hydrogen-bond acceptors (Lipinski definition) is 4. The van der Waals surface area contributed by atoms with Gasteiger partial charge in [-0.25, -0.2) is 0 Å². The minimum Gasteiger partial charge on any atom is -0.508 e. The highest BCUT2D eigenvalue weighted by atomic mass is 16.3. The molecule has 1 aromatic rings. The molecule has 0 saturated heterocycles. The molecule has 6 N–H and O–H groups in total. The molecule has 0 spiro atoms. The van der Waals surface area contributed by atoms with Crippen LogP contribution in [0.25, 0.3) is 0 Å². The molecule has 1 amide bonds. The number of carbonyl (C=O) groups excluding carboxylic acids is 2. The number of nitrogens with one attached hydrogen (secondary N) is 1. The van der Waals surface area contributed by atoms with E-state index in [0.29, 0.717) is 25.9 Å². The van der Waals surface area contributed by atoms with Crippen molar-refractivity contribution in [1.82, 2.24) is 5.32 Å². The molecular formula is C13H18N4O3. The molecule has 0 saturated carbocycles. The summed E-state index contributed by atoms with van der Waals surface area (Å²) in [5.41, 5.74) is 10.6. The van der Waals surface area contributed by atoms with Crippen molar-refractivity contribution in [3.63, 3.8) is 0 Å². The number of hydrogen-bond donors (Lipinski definition) is 4. The first-order valence-corrected chi connectivity index (χ1v) is 6.17. The summed E-state index contributed by atoms with van der Waals surface area (Å²) in [5.74, 6) is -1.22. The molecule has 0 bridgehead atoms. The molecule has 7 heteroatoms. The maximum absolute atomic E-state index is 11.7. The quantitative estimate of drug-likeness (QED) is 0.179. The number of aromatic hydroxyl groups is 1. The molecule has 0 aliphatic heterocycles. The lowest BCUT2D eigenvalue weighted by atomic mass is 10.1. The van der Waals surface area contributed by atoms with Crippen LogP contribution >= 0.6 is 0 Å². The number of Topliss-reactive ketones (excluding diaryl/α,β-unsaturated/α-hetero) is 1. The smallest absolute Gasteiger partial charge is 0.292 e. The number of carbonyl (C=O) groups is 2. The molecule has 108 valence electrons. The number of benzene rings is 1. The average molecular weight is 278 g/mol. The van der Waals surface area contributed by atoms with Crippen LogP contribution in [0.15, 0.2) is 29.3 Å². The summed E-state index contributed by atoms with van der Waals surface area (Å²) in [7, 11) is 0. The summed E-state index contributed by atoms with van der Waals surface area (Å²) in [4.78, 5) is 27.1. The van der Waals surface area contributed by atoms with E-state index in [1.165, 1.54) is 24.3 Å². The lowest BCUT2D eigenvalue weighted by Gasteiger charge is -2.04. The number of phenolic OH excluding ortho intramolecular Hbond substituents is 1. The van der Waals surface area contributed by atoms with E-state index in [9.17, 15) is 9.59 Å². The van der Waals surface area contributed by atoms with Gasteiger partial charge in [-0.2, -0.15) is 0 Å². The summed E-state index contributed by atoms with van der Waals surface area (Å²) in [5, 5.41) is 11.6. The van der Waals surface area contributed by atoms with E-state index in [0.717, 1.165) is 0 Å². The minimum atomic E-state index is -0.669. The summed E-state index contributed by atoms with van der Waals surface area (Å²) < 4.78 is 0. The second-order valence-electron chi connectivity index (χ2n) is 4.15. The highest BCUT2D eigenvalue weighted by Gasteiger charge is 2.15. The van der Waals surface area contributed by atoms with E-state index in [2.05, 4.69) is 10.3 Å². The molecule has 0 unspecified atom stereocenters. The van der Waals surface area contributed by atoms with Crippen LogP contribution in [0.1, 0.15) is 23.2 Å². The molecule has 0 aliphatic carbocycles. The van der Waals surface area contributed by atoms with Crippen LogP contribution in [0.2, 0.25) is 0 Å². The van der Waals surface area contributed by atoms with E-state index in [1.54, 1.807) is 0 Å². The SMILES string of the molecule is NC(N)=NCCCCNC(=O)C(=O)c1ccc(O)cc1. The molecule has 20 heavy (non-hydrogen) atoms. The van der Waals surface area contributed by atoms with Gasteiger partial charge in [-0.15, -0.1) is 0 Å². The highest BCUT2D eigenvalue weighted by Crippen LogP contribution is 2.10. The molecule has 0 fully saturated rings. The van der Waals surface area contributed by atoms with Gasteiger partial charge in [0.15, 0.2) is 5.96 Å². The van der Waals surface area contributed by atoms with Gasteiger partial charge in [0.05, 0.1) is 0 Å². The predicted octanol–water partition coefficient (Wildman–Crippen LogP) is -0.255. The van der Waals surface area contributed by atoms with E-state index in [1.807, 2.05) is 0 Å². The average Bonchev–Trinajstić information content (AvgIpc) is 2.42. The van der Waals surface area contributed by atoms with Gasteiger partial charge < -0.3 is 21.9 Å². The molecule has 1 rings (SSSR count). The molecule has 0 radical (unpaired) electrons. The van der Waals surface area contributed by atoms with Gasteiger partial charge in [0.1, 0.15) is 5.75 Å². The van der Waals surface area contributed by atoms with Crippen LogP contribution in [-0.4, -0.2) is 35.8 Å². The number of nitrogens with two attached hydrogens (primary N) is 2. The number of nitrogens with zero attached hydrogens (tertiary/aromatic N) is 1. The van der Waals surface area contributed by atoms with Crippen LogP contribution in [0.4, 0.5) is 0 Å². The first kappa shape index (κ1) is 15.5. The van der Waals surface area contributed by atoms with E-state index >= 15 is 0 Å². The number of amides is 1. The zero-order chi connectivity index (χ0) is 15.0. The van der Waals surface area contributed by atoms with Gasteiger partial charge in [0, 0.05) is 18.7 Å². The van der Waals surface area contributed by atoms with Crippen molar-refractivity contribution in [2.45, 2.75) is 12.8 Å². The third-order valence-electron chi connectivity index (χ3n) is 2.50. The van der Waals surface area contributed by atoms with Crippen LogP contribution < -0.4 is 16.8 Å². The number of phenols is 1. The molecule has 0 atom stereocenters. The Kier molecular flexibility index (Phi) is 6.02. The number of unbranched alkanes of at least 4 members (excludes halogenated alkanes) is 1. The van der Waals surface area contributed by atoms with Crippen molar-refractivity contribution in [3.05, 3.63) is 29.8 Å². The maximum Gasteiger partial charge on any atom is 0.292 e. The number of aliphatic imine (C=N–C) groups is 1. The first-order valence-electron chi connectivity index (χ1n) is 6.17. The van der Waals surface area contributed by atoms with Gasteiger partial charge in [-0.3, -0.25) is 14.6 Å². The lowest BCUT2D eigenvalue weighted by molar-refractivity contribution is -0.117. The van der Waals surface area contributed by atoms with Crippen LogP contribution in [-0.2, 0) is 4.79 Å². The maximum atomic E-state index is 11.7. The number of rotatable bonds is 7. The fourth-order valence-electron chi connectivity index (χ4n) is 1.47. The van der Waals surface area contributed by atoms with Crippen molar-refractivity contribution < 1.29 is 14.7 Å². The van der Waals surface area contributed by atoms with Crippen molar-refractivity contribution >= 4 is 17.6 Å². The molecular weight excluding hydrogens is 260 g/mol. The Hall–Kier alpha value is -2.57. The standard InChI is InChI=1S/C13H18N4O3/c14-13(15)17-8-2-1-7-16-12(20)11(19)9-3-5-10(18)6-4-9/h3-6,18H,1-2,7-8H2,(H,16,20)(H4,14,15,17). The second-order valence-corrected chi connectivity index (χ2v) is 4.15. The summed E-state index contributed by atoms with van der Waals surface area (Å²) in [6, 6.07) is 5.51. The van der Waals surface area contributed by atoms with Crippen molar-refractivity contribution in [1.29, 1.82) is 0 Å². The third kappa shape index (κ3) is 5.38. The minimum absolute atomic E-state index is 0.0385. The predicted molar refractivity (Wildman–Crippen MR) is 75.4 cm³/mol. The lowest BCUT2D eigenvalue weighted by Crippen LogP contribution is -2.31. The van der Waals surface area contributed by atoms with Crippen molar-refractivity contribution in [3.8, 4) is 5.75 Å². The van der Waals surface area contributed by atoms with Crippen LogP contribution in [0.5, 0.6) is 5.75 Å². The Labute approximate surface area is 116 Å². The summed E-state index contributed by atoms with van der Waals surface area (Å²) >= 11 is 0. The van der Waals surface area contributed by atoms with Gasteiger partial charge in [0.2, 0.25) is 5.78 Å². The molecule has 0 aliphatic rings. The molecule has 0 aromatic heterocycles. The Morgan fingerprint density at radius 1 is 1.15 bits per heavy atom.